The van der Waals surface area contributed by atoms with Crippen LogP contribution < -0.4 is 0 Å². The maximum absolute atomic E-state index is 5.77. The Morgan fingerprint density at radius 2 is 1.72 bits per heavy atom. The van der Waals surface area contributed by atoms with Crippen LogP contribution in [0, 0.1) is 5.92 Å². The summed E-state index contributed by atoms with van der Waals surface area (Å²) in [4.78, 5) is 0. The molecule has 1 aliphatic rings. The van der Waals surface area contributed by atoms with E-state index in [0.717, 1.165) is 42.9 Å². The third kappa shape index (κ3) is 16.8. The van der Waals surface area contributed by atoms with E-state index in [1.54, 1.807) is 7.11 Å². The van der Waals surface area contributed by atoms with Gasteiger partial charge in [0.05, 0.1) is 12.4 Å². The minimum atomic E-state index is 0.538. The molecular formula is C40H58O2S. The van der Waals surface area contributed by atoms with Crippen LogP contribution >= 0.6 is 11.8 Å². The number of aryl methyl sites for hydroxylation is 2. The molecule has 0 bridgehead atoms. The van der Waals surface area contributed by atoms with Crippen molar-refractivity contribution in [3.63, 3.8) is 0 Å². The molecule has 2 nitrogen and oxygen atoms in total. The SMILES string of the molecule is C=C(CCCSCCC)OCC(=C)c1ccc(CCCCC)cc1.C=C1CCC(/C=C/CCc2cccc(COC)c2)C1. The van der Waals surface area contributed by atoms with E-state index in [2.05, 4.69) is 94.3 Å². The van der Waals surface area contributed by atoms with E-state index in [4.69, 9.17) is 9.47 Å². The van der Waals surface area contributed by atoms with Crippen molar-refractivity contribution in [2.75, 3.05) is 25.2 Å². The summed E-state index contributed by atoms with van der Waals surface area (Å²) in [6.07, 6.45) is 19.0. The molecule has 0 saturated heterocycles. The van der Waals surface area contributed by atoms with Gasteiger partial charge in [-0.05, 0) is 103 Å². The fourth-order valence-corrected chi connectivity index (χ4v) is 6.00. The number of hydrogen-bond donors (Lipinski definition) is 0. The average Bonchev–Trinajstić information content (AvgIpc) is 3.44. The molecule has 0 radical (unpaired) electrons. The highest BCUT2D eigenvalue weighted by atomic mass is 32.2. The van der Waals surface area contributed by atoms with Crippen LogP contribution in [-0.2, 0) is 28.9 Å². The van der Waals surface area contributed by atoms with Crippen molar-refractivity contribution in [2.45, 2.75) is 97.5 Å². The quantitative estimate of drug-likeness (QED) is 0.0853. The summed E-state index contributed by atoms with van der Waals surface area (Å²) in [6.45, 7) is 17.9. The van der Waals surface area contributed by atoms with Crippen LogP contribution in [0.2, 0.25) is 0 Å². The zero-order valence-corrected chi connectivity index (χ0v) is 28.3. The molecule has 1 atom stereocenters. The van der Waals surface area contributed by atoms with Crippen LogP contribution in [0.4, 0.5) is 0 Å². The number of benzene rings is 2. The summed E-state index contributed by atoms with van der Waals surface area (Å²) in [5.41, 5.74) is 7.68. The van der Waals surface area contributed by atoms with E-state index < -0.39 is 0 Å². The molecule has 0 heterocycles. The summed E-state index contributed by atoms with van der Waals surface area (Å²) in [6, 6.07) is 17.4. The number of hydrogen-bond acceptors (Lipinski definition) is 3. The van der Waals surface area contributed by atoms with Gasteiger partial charge in [0, 0.05) is 13.5 Å². The molecule has 3 rings (SSSR count). The monoisotopic (exact) mass is 602 g/mol. The second-order valence-corrected chi connectivity index (χ2v) is 13.0. The highest BCUT2D eigenvalue weighted by Gasteiger charge is 2.14. The molecule has 1 fully saturated rings. The fourth-order valence-electron chi connectivity index (χ4n) is 5.16. The van der Waals surface area contributed by atoms with E-state index >= 15 is 0 Å². The van der Waals surface area contributed by atoms with Crippen LogP contribution in [0.1, 0.15) is 100 Å². The highest BCUT2D eigenvalue weighted by Crippen LogP contribution is 2.29. The predicted molar refractivity (Wildman–Crippen MR) is 192 cm³/mol. The van der Waals surface area contributed by atoms with E-state index in [0.29, 0.717) is 13.2 Å². The lowest BCUT2D eigenvalue weighted by Gasteiger charge is -2.12. The fraction of sp³-hybridized carbons (Fsp3) is 0.500. The van der Waals surface area contributed by atoms with Crippen molar-refractivity contribution >= 4 is 17.3 Å². The molecule has 0 amide bonds. The van der Waals surface area contributed by atoms with Gasteiger partial charge in [0.25, 0.3) is 0 Å². The lowest BCUT2D eigenvalue weighted by atomic mass is 10.0. The number of ether oxygens (including phenoxy) is 2. The molecule has 2 aromatic carbocycles. The van der Waals surface area contributed by atoms with Gasteiger partial charge in [-0.3, -0.25) is 0 Å². The van der Waals surface area contributed by atoms with Crippen LogP contribution in [0.15, 0.2) is 91.8 Å². The normalized spacial score (nSPS) is 14.5. The molecule has 0 aromatic heterocycles. The second kappa shape index (κ2) is 23.0. The van der Waals surface area contributed by atoms with E-state index in [9.17, 15) is 0 Å². The van der Waals surface area contributed by atoms with E-state index in [-0.39, 0.29) is 0 Å². The number of allylic oxidation sites excluding steroid dienone is 4. The van der Waals surface area contributed by atoms with Crippen molar-refractivity contribution in [3.05, 3.63) is 114 Å². The average molecular weight is 603 g/mol. The molecule has 1 unspecified atom stereocenters. The summed E-state index contributed by atoms with van der Waals surface area (Å²) in [5.74, 6) is 4.06. The summed E-state index contributed by atoms with van der Waals surface area (Å²) in [7, 11) is 1.74. The second-order valence-electron chi connectivity index (χ2n) is 11.8. The first-order chi connectivity index (χ1) is 20.9. The van der Waals surface area contributed by atoms with Crippen LogP contribution in [0.3, 0.4) is 0 Å². The third-order valence-electron chi connectivity index (χ3n) is 7.70. The van der Waals surface area contributed by atoms with Crippen molar-refractivity contribution < 1.29 is 9.47 Å². The smallest absolute Gasteiger partial charge is 0.113 e. The Hall–Kier alpha value is -2.49. The minimum Gasteiger partial charge on any atom is -0.494 e. The van der Waals surface area contributed by atoms with Gasteiger partial charge in [0.1, 0.15) is 6.61 Å². The van der Waals surface area contributed by atoms with Crippen LogP contribution in [0.25, 0.3) is 5.57 Å². The third-order valence-corrected chi connectivity index (χ3v) is 8.98. The Balaban J connectivity index is 0.000000307. The van der Waals surface area contributed by atoms with Crippen molar-refractivity contribution in [1.82, 2.24) is 0 Å². The Kier molecular flexibility index (Phi) is 19.6. The highest BCUT2D eigenvalue weighted by molar-refractivity contribution is 7.99. The van der Waals surface area contributed by atoms with Crippen molar-refractivity contribution in [2.24, 2.45) is 5.92 Å². The summed E-state index contributed by atoms with van der Waals surface area (Å²) in [5, 5.41) is 0. The molecule has 2 aromatic rings. The zero-order valence-electron chi connectivity index (χ0n) is 27.5. The predicted octanol–water partition coefficient (Wildman–Crippen LogP) is 11.6. The van der Waals surface area contributed by atoms with E-state index in [1.165, 1.54) is 90.7 Å². The van der Waals surface area contributed by atoms with Gasteiger partial charge in [-0.15, -0.1) is 0 Å². The molecule has 43 heavy (non-hydrogen) atoms. The van der Waals surface area contributed by atoms with Crippen molar-refractivity contribution in [3.8, 4) is 0 Å². The lowest BCUT2D eigenvalue weighted by Crippen LogP contribution is -1.98. The van der Waals surface area contributed by atoms with Gasteiger partial charge in [-0.25, -0.2) is 0 Å². The van der Waals surface area contributed by atoms with Gasteiger partial charge in [0.15, 0.2) is 0 Å². The number of unbranched alkanes of at least 4 members (excludes halogenated alkanes) is 2. The van der Waals surface area contributed by atoms with Crippen molar-refractivity contribution in [1.29, 1.82) is 0 Å². The molecule has 1 saturated carbocycles. The van der Waals surface area contributed by atoms with Gasteiger partial charge in [-0.2, -0.15) is 11.8 Å². The molecule has 0 aliphatic heterocycles. The van der Waals surface area contributed by atoms with Crippen LogP contribution in [0.5, 0.6) is 0 Å². The molecule has 3 heteroatoms. The molecule has 236 valence electrons. The number of thioether (sulfide) groups is 1. The number of methoxy groups -OCH3 is 1. The summed E-state index contributed by atoms with van der Waals surface area (Å²) >= 11 is 2.01. The first-order valence-electron chi connectivity index (χ1n) is 16.5. The molecule has 0 N–H and O–H groups in total. The lowest BCUT2D eigenvalue weighted by molar-refractivity contribution is 0.185. The topological polar surface area (TPSA) is 18.5 Å². The zero-order chi connectivity index (χ0) is 31.1. The maximum atomic E-state index is 5.77. The summed E-state index contributed by atoms with van der Waals surface area (Å²) < 4.78 is 10.9. The number of rotatable bonds is 20. The van der Waals surface area contributed by atoms with Gasteiger partial charge >= 0.3 is 0 Å². The Morgan fingerprint density at radius 1 is 0.930 bits per heavy atom. The first kappa shape index (κ1) is 36.7. The largest absolute Gasteiger partial charge is 0.494 e. The molecule has 0 spiro atoms. The standard InChI is InChI=1S/C22H34OS.C18H24O/c1-5-7-8-11-21-12-14-22(15-13-21)19(3)18-23-20(4)10-9-17-24-16-6-2;1-15-10-11-17(12-15)7-4-3-6-16-8-5-9-18(13-16)14-19-2/h12-15H,3-11,16-18H2,1-2H3;4-5,7-9,13,17H,1,3,6,10-12,14H2,2H3/b;7-4+. The molecular weight excluding hydrogens is 545 g/mol. The van der Waals surface area contributed by atoms with E-state index in [1.807, 2.05) is 11.8 Å². The maximum Gasteiger partial charge on any atom is 0.113 e. The van der Waals surface area contributed by atoms with Gasteiger partial charge < -0.3 is 9.47 Å². The first-order valence-corrected chi connectivity index (χ1v) is 17.7. The molecule has 1 aliphatic carbocycles. The van der Waals surface area contributed by atoms with Gasteiger partial charge in [0.2, 0.25) is 0 Å². The van der Waals surface area contributed by atoms with Crippen LogP contribution in [-0.4, -0.2) is 25.2 Å². The Bertz CT molecular complexity index is 1100. The van der Waals surface area contributed by atoms with Gasteiger partial charge in [-0.1, -0.05) is 113 Å². The Labute approximate surface area is 268 Å². The Morgan fingerprint density at radius 3 is 2.42 bits per heavy atom. The minimum absolute atomic E-state index is 0.538.